The second-order valence-corrected chi connectivity index (χ2v) is 7.13. The minimum absolute atomic E-state index is 0.383. The molecule has 0 saturated carbocycles. The number of halogens is 3. The second kappa shape index (κ2) is 8.22. The molecule has 0 atom stereocenters. The van der Waals surface area contributed by atoms with Crippen molar-refractivity contribution in [2.24, 2.45) is 4.99 Å². The van der Waals surface area contributed by atoms with Crippen LogP contribution >= 0.6 is 0 Å². The number of aromatic nitrogens is 2. The van der Waals surface area contributed by atoms with E-state index in [1.807, 2.05) is 24.0 Å². The SMILES string of the molecule is C=C(Nc1ccnc(C)c1)N1CCC=Nc2ccc(-c3cccc(C(F)(F)F)c3)nc21. The van der Waals surface area contributed by atoms with Crippen molar-refractivity contribution in [3.8, 4) is 11.3 Å². The third-order valence-electron chi connectivity index (χ3n) is 4.82. The summed E-state index contributed by atoms with van der Waals surface area (Å²) in [6.07, 6.45) is -0.243. The number of benzene rings is 1. The summed E-state index contributed by atoms with van der Waals surface area (Å²) in [5, 5.41) is 3.26. The molecule has 0 unspecified atom stereocenters. The lowest BCUT2D eigenvalue weighted by molar-refractivity contribution is -0.137. The largest absolute Gasteiger partial charge is 0.416 e. The molecule has 1 aliphatic heterocycles. The number of pyridine rings is 2. The molecule has 3 heterocycles. The molecule has 0 saturated heterocycles. The Morgan fingerprint density at radius 1 is 1.13 bits per heavy atom. The molecule has 0 spiro atoms. The van der Waals surface area contributed by atoms with E-state index in [-0.39, 0.29) is 0 Å². The molecular formula is C23H20F3N5. The molecule has 5 nitrogen and oxygen atoms in total. The van der Waals surface area contributed by atoms with Crippen molar-refractivity contribution >= 4 is 23.4 Å². The van der Waals surface area contributed by atoms with Crippen LogP contribution in [0.3, 0.4) is 0 Å². The van der Waals surface area contributed by atoms with Crippen molar-refractivity contribution in [2.45, 2.75) is 19.5 Å². The van der Waals surface area contributed by atoms with Gasteiger partial charge < -0.3 is 10.2 Å². The summed E-state index contributed by atoms with van der Waals surface area (Å²) >= 11 is 0. The Kier molecular flexibility index (Phi) is 5.46. The highest BCUT2D eigenvalue weighted by molar-refractivity contribution is 5.78. The summed E-state index contributed by atoms with van der Waals surface area (Å²) in [7, 11) is 0. The van der Waals surface area contributed by atoms with Gasteiger partial charge in [-0.15, -0.1) is 0 Å². The number of anilines is 2. The average molecular weight is 423 g/mol. The Morgan fingerprint density at radius 3 is 2.74 bits per heavy atom. The van der Waals surface area contributed by atoms with Crippen molar-refractivity contribution in [1.29, 1.82) is 0 Å². The van der Waals surface area contributed by atoms with E-state index in [1.54, 1.807) is 30.6 Å². The van der Waals surface area contributed by atoms with Crippen LogP contribution < -0.4 is 10.2 Å². The maximum atomic E-state index is 13.1. The average Bonchev–Trinajstić information content (AvgIpc) is 2.95. The van der Waals surface area contributed by atoms with Gasteiger partial charge in [-0.2, -0.15) is 13.2 Å². The van der Waals surface area contributed by atoms with Gasteiger partial charge in [0.15, 0.2) is 5.82 Å². The van der Waals surface area contributed by atoms with Gasteiger partial charge in [0.1, 0.15) is 11.5 Å². The summed E-state index contributed by atoms with van der Waals surface area (Å²) in [5.74, 6) is 1.12. The van der Waals surface area contributed by atoms with Gasteiger partial charge in [-0.1, -0.05) is 18.7 Å². The molecule has 3 aromatic rings. The highest BCUT2D eigenvalue weighted by Crippen LogP contribution is 2.36. The molecule has 0 radical (unpaired) electrons. The number of aliphatic imine (C=N–C) groups is 1. The lowest BCUT2D eigenvalue weighted by Crippen LogP contribution is -2.28. The predicted octanol–water partition coefficient (Wildman–Crippen LogP) is 5.97. The smallest absolute Gasteiger partial charge is 0.342 e. The van der Waals surface area contributed by atoms with E-state index in [0.29, 0.717) is 41.5 Å². The maximum absolute atomic E-state index is 13.1. The molecule has 1 aromatic carbocycles. The van der Waals surface area contributed by atoms with E-state index in [9.17, 15) is 13.2 Å². The first kappa shape index (κ1) is 20.6. The molecule has 0 fully saturated rings. The van der Waals surface area contributed by atoms with E-state index < -0.39 is 11.7 Å². The van der Waals surface area contributed by atoms with Crippen LogP contribution in [0.5, 0.6) is 0 Å². The van der Waals surface area contributed by atoms with Crippen LogP contribution in [0.15, 0.2) is 72.1 Å². The number of nitrogens with one attached hydrogen (secondary N) is 1. The number of hydrogen-bond donors (Lipinski definition) is 1. The third-order valence-corrected chi connectivity index (χ3v) is 4.82. The summed E-state index contributed by atoms with van der Waals surface area (Å²) in [6.45, 7) is 6.61. The molecule has 0 amide bonds. The summed E-state index contributed by atoms with van der Waals surface area (Å²) < 4.78 is 39.4. The van der Waals surface area contributed by atoms with Gasteiger partial charge in [-0.05, 0) is 43.3 Å². The van der Waals surface area contributed by atoms with Gasteiger partial charge in [0, 0.05) is 42.3 Å². The van der Waals surface area contributed by atoms with E-state index in [0.717, 1.165) is 23.5 Å². The van der Waals surface area contributed by atoms with Crippen LogP contribution in [-0.4, -0.2) is 22.7 Å². The van der Waals surface area contributed by atoms with Crippen molar-refractivity contribution in [2.75, 3.05) is 16.8 Å². The van der Waals surface area contributed by atoms with Crippen LogP contribution in [0.25, 0.3) is 11.3 Å². The number of hydrogen-bond acceptors (Lipinski definition) is 5. The summed E-state index contributed by atoms with van der Waals surface area (Å²) in [4.78, 5) is 15.2. The molecule has 2 aromatic heterocycles. The fourth-order valence-electron chi connectivity index (χ4n) is 3.33. The van der Waals surface area contributed by atoms with Crippen molar-refractivity contribution in [1.82, 2.24) is 9.97 Å². The number of fused-ring (bicyclic) bond motifs is 1. The molecule has 1 aliphatic rings. The van der Waals surface area contributed by atoms with E-state index in [1.165, 1.54) is 6.07 Å². The molecule has 31 heavy (non-hydrogen) atoms. The van der Waals surface area contributed by atoms with Crippen molar-refractivity contribution in [3.63, 3.8) is 0 Å². The minimum atomic E-state index is -4.42. The molecule has 158 valence electrons. The van der Waals surface area contributed by atoms with Crippen LogP contribution in [0.2, 0.25) is 0 Å². The number of aryl methyl sites for hydroxylation is 1. The maximum Gasteiger partial charge on any atom is 0.416 e. The number of nitrogens with zero attached hydrogens (tertiary/aromatic N) is 4. The molecule has 8 heteroatoms. The van der Waals surface area contributed by atoms with Crippen LogP contribution in [-0.2, 0) is 6.18 Å². The summed E-state index contributed by atoms with van der Waals surface area (Å²) in [6, 6.07) is 12.3. The molecule has 0 bridgehead atoms. The van der Waals surface area contributed by atoms with Crippen molar-refractivity contribution < 1.29 is 13.2 Å². The Bertz CT molecular complexity index is 1150. The molecule has 0 aliphatic carbocycles. The fourth-order valence-corrected chi connectivity index (χ4v) is 3.33. The Labute approximate surface area is 178 Å². The van der Waals surface area contributed by atoms with Gasteiger partial charge >= 0.3 is 6.18 Å². The lowest BCUT2D eigenvalue weighted by atomic mass is 10.1. The van der Waals surface area contributed by atoms with Gasteiger partial charge in [0.05, 0.1) is 11.3 Å². The quantitative estimate of drug-likeness (QED) is 0.562. The predicted molar refractivity (Wildman–Crippen MR) is 117 cm³/mol. The zero-order chi connectivity index (χ0) is 22.0. The first-order valence-corrected chi connectivity index (χ1v) is 9.68. The molecule has 1 N–H and O–H groups in total. The first-order chi connectivity index (χ1) is 14.8. The van der Waals surface area contributed by atoms with Crippen LogP contribution in [0, 0.1) is 6.92 Å². The first-order valence-electron chi connectivity index (χ1n) is 9.68. The molecule has 4 rings (SSSR count). The Hall–Kier alpha value is -3.68. The van der Waals surface area contributed by atoms with E-state index >= 15 is 0 Å². The zero-order valence-corrected chi connectivity index (χ0v) is 16.8. The van der Waals surface area contributed by atoms with Gasteiger partial charge in [0.25, 0.3) is 0 Å². The second-order valence-electron chi connectivity index (χ2n) is 7.13. The lowest BCUT2D eigenvalue weighted by Gasteiger charge is -2.26. The third kappa shape index (κ3) is 4.58. The van der Waals surface area contributed by atoms with Gasteiger partial charge in [-0.3, -0.25) is 9.98 Å². The molecular weight excluding hydrogens is 403 g/mol. The Morgan fingerprint density at radius 2 is 1.97 bits per heavy atom. The van der Waals surface area contributed by atoms with Crippen LogP contribution in [0.4, 0.5) is 30.4 Å². The van der Waals surface area contributed by atoms with E-state index in [2.05, 4.69) is 26.9 Å². The summed E-state index contributed by atoms with van der Waals surface area (Å²) in [5.41, 5.74) is 2.42. The monoisotopic (exact) mass is 423 g/mol. The number of alkyl halides is 3. The van der Waals surface area contributed by atoms with Crippen LogP contribution in [0.1, 0.15) is 17.7 Å². The minimum Gasteiger partial charge on any atom is -0.342 e. The zero-order valence-electron chi connectivity index (χ0n) is 16.8. The standard InChI is InChI=1S/C23H20F3N5/c1-15-13-19(9-11-27-15)29-16(2)31-12-4-10-28-21-8-7-20(30-22(21)31)17-5-3-6-18(14-17)23(24,25)26/h3,5-11,13-14H,2,4,12H2,1H3,(H,27,29). The van der Waals surface area contributed by atoms with Gasteiger partial charge in [0.2, 0.25) is 0 Å². The normalized spacial score (nSPS) is 13.5. The highest BCUT2D eigenvalue weighted by atomic mass is 19.4. The van der Waals surface area contributed by atoms with Gasteiger partial charge in [-0.25, -0.2) is 4.98 Å². The van der Waals surface area contributed by atoms with E-state index in [4.69, 9.17) is 0 Å². The topological polar surface area (TPSA) is 53.4 Å². The van der Waals surface area contributed by atoms with Crippen molar-refractivity contribution in [3.05, 3.63) is 78.4 Å². The number of rotatable bonds is 4. The highest BCUT2D eigenvalue weighted by Gasteiger charge is 2.30. The Balaban J connectivity index is 1.69. The fraction of sp³-hybridized carbons (Fsp3) is 0.174.